The molecule has 0 bridgehead atoms. The minimum Gasteiger partial charge on any atom is -0.380 e. The van der Waals surface area contributed by atoms with E-state index in [4.69, 9.17) is 10.3 Å². The third-order valence-corrected chi connectivity index (χ3v) is 4.71. The number of anilines is 2. The SMILES string of the molecule is Cc1onc(N)c1S(=O)(=O)Nc1cccc(N=S(C)(C)=O)c1. The van der Waals surface area contributed by atoms with E-state index >= 15 is 0 Å². The highest BCUT2D eigenvalue weighted by Crippen LogP contribution is 2.26. The quantitative estimate of drug-likeness (QED) is 0.869. The molecule has 1 aromatic carbocycles. The molecule has 0 radical (unpaired) electrons. The van der Waals surface area contributed by atoms with Gasteiger partial charge in [-0.2, -0.15) is 4.36 Å². The topological polar surface area (TPSA) is 128 Å². The van der Waals surface area contributed by atoms with Crippen LogP contribution in [0, 0.1) is 6.92 Å². The molecule has 2 aromatic rings. The molecule has 1 heterocycles. The van der Waals surface area contributed by atoms with Gasteiger partial charge >= 0.3 is 0 Å². The van der Waals surface area contributed by atoms with Gasteiger partial charge in [-0.3, -0.25) is 4.72 Å². The number of nitrogens with zero attached hydrogens (tertiary/aromatic N) is 2. The normalized spacial score (nSPS) is 12.1. The van der Waals surface area contributed by atoms with Crippen LogP contribution in [0.15, 0.2) is 38.0 Å². The number of nitrogens with one attached hydrogen (secondary N) is 1. The second kappa shape index (κ2) is 5.61. The number of nitrogen functional groups attached to an aromatic ring is 1. The molecule has 22 heavy (non-hydrogen) atoms. The third-order valence-electron chi connectivity index (χ3n) is 2.53. The first-order chi connectivity index (χ1) is 10.1. The van der Waals surface area contributed by atoms with Crippen molar-refractivity contribution in [3.8, 4) is 0 Å². The standard InChI is InChI=1S/C12H16N4O4S2/c1-8-11(12(13)14-20-8)22(18,19)16-10-6-4-5-9(7-10)15-21(2,3)17/h4-7,16H,1-3H3,(H2,13,14). The lowest BCUT2D eigenvalue weighted by Crippen LogP contribution is -2.14. The lowest BCUT2D eigenvalue weighted by Gasteiger charge is -2.08. The molecule has 10 heteroatoms. The number of nitrogens with two attached hydrogens (primary N) is 1. The monoisotopic (exact) mass is 344 g/mol. The molecule has 0 saturated heterocycles. The molecule has 0 saturated carbocycles. The fourth-order valence-electron chi connectivity index (χ4n) is 1.79. The number of aromatic nitrogens is 1. The van der Waals surface area contributed by atoms with Crippen molar-refractivity contribution in [2.75, 3.05) is 23.0 Å². The van der Waals surface area contributed by atoms with E-state index in [1.54, 1.807) is 18.2 Å². The Labute approximate surface area is 128 Å². The zero-order chi connectivity index (χ0) is 16.5. The molecular formula is C12H16N4O4S2. The van der Waals surface area contributed by atoms with Crippen molar-refractivity contribution in [3.05, 3.63) is 30.0 Å². The molecule has 120 valence electrons. The average Bonchev–Trinajstić information content (AvgIpc) is 2.67. The van der Waals surface area contributed by atoms with E-state index in [-0.39, 0.29) is 22.2 Å². The Hall–Kier alpha value is -2.07. The van der Waals surface area contributed by atoms with E-state index in [1.807, 2.05) is 0 Å². The van der Waals surface area contributed by atoms with Gasteiger partial charge in [0, 0.05) is 22.2 Å². The molecular weight excluding hydrogens is 328 g/mol. The Kier molecular flexibility index (Phi) is 4.16. The summed E-state index contributed by atoms with van der Waals surface area (Å²) in [6.07, 6.45) is 2.98. The van der Waals surface area contributed by atoms with Crippen LogP contribution in [0.25, 0.3) is 0 Å². The Morgan fingerprint density at radius 2 is 1.95 bits per heavy atom. The lowest BCUT2D eigenvalue weighted by molar-refractivity contribution is 0.396. The van der Waals surface area contributed by atoms with Crippen LogP contribution in [0.4, 0.5) is 17.2 Å². The maximum absolute atomic E-state index is 12.3. The predicted molar refractivity (Wildman–Crippen MR) is 85.0 cm³/mol. The Balaban J connectivity index is 2.40. The highest BCUT2D eigenvalue weighted by molar-refractivity contribution is 7.93. The molecule has 0 atom stereocenters. The van der Waals surface area contributed by atoms with E-state index < -0.39 is 19.8 Å². The first-order valence-corrected chi connectivity index (χ1v) is 9.92. The van der Waals surface area contributed by atoms with Crippen molar-refractivity contribution in [2.45, 2.75) is 11.8 Å². The lowest BCUT2D eigenvalue weighted by atomic mass is 10.3. The summed E-state index contributed by atoms with van der Waals surface area (Å²) >= 11 is 0. The molecule has 0 spiro atoms. The summed E-state index contributed by atoms with van der Waals surface area (Å²) in [6, 6.07) is 6.25. The maximum atomic E-state index is 12.3. The number of hydrogen-bond donors (Lipinski definition) is 2. The number of benzene rings is 1. The second-order valence-corrected chi connectivity index (χ2v) is 9.05. The highest BCUT2D eigenvalue weighted by Gasteiger charge is 2.25. The van der Waals surface area contributed by atoms with Gasteiger partial charge < -0.3 is 10.3 Å². The molecule has 0 aliphatic heterocycles. The highest BCUT2D eigenvalue weighted by atomic mass is 32.2. The minimum atomic E-state index is -3.94. The number of rotatable bonds is 4. The molecule has 8 nitrogen and oxygen atoms in total. The summed E-state index contributed by atoms with van der Waals surface area (Å²) in [7, 11) is -6.28. The molecule has 0 unspecified atom stereocenters. The first kappa shape index (κ1) is 16.3. The zero-order valence-corrected chi connectivity index (χ0v) is 13.9. The Morgan fingerprint density at radius 1 is 1.27 bits per heavy atom. The van der Waals surface area contributed by atoms with Gasteiger partial charge in [0.1, 0.15) is 0 Å². The van der Waals surface area contributed by atoms with Gasteiger partial charge in [0.25, 0.3) is 10.0 Å². The van der Waals surface area contributed by atoms with E-state index in [0.29, 0.717) is 5.69 Å². The van der Waals surface area contributed by atoms with Crippen LogP contribution in [-0.4, -0.2) is 30.3 Å². The van der Waals surface area contributed by atoms with E-state index in [1.165, 1.54) is 25.5 Å². The van der Waals surface area contributed by atoms with Crippen LogP contribution in [-0.2, 0) is 19.8 Å². The summed E-state index contributed by atoms with van der Waals surface area (Å²) < 4.78 is 47.5. The number of sulfonamides is 1. The van der Waals surface area contributed by atoms with E-state index in [9.17, 15) is 12.6 Å². The van der Waals surface area contributed by atoms with Crippen molar-refractivity contribution in [1.29, 1.82) is 0 Å². The van der Waals surface area contributed by atoms with Crippen molar-refractivity contribution in [1.82, 2.24) is 5.16 Å². The van der Waals surface area contributed by atoms with Crippen molar-refractivity contribution < 1.29 is 17.1 Å². The van der Waals surface area contributed by atoms with Gasteiger partial charge in [0.15, 0.2) is 16.5 Å². The smallest absolute Gasteiger partial charge is 0.269 e. The maximum Gasteiger partial charge on any atom is 0.269 e. The van der Waals surface area contributed by atoms with Crippen molar-refractivity contribution >= 4 is 36.9 Å². The number of hydrogen-bond acceptors (Lipinski definition) is 7. The van der Waals surface area contributed by atoms with Crippen LogP contribution in [0.3, 0.4) is 0 Å². The van der Waals surface area contributed by atoms with Gasteiger partial charge in [-0.25, -0.2) is 12.6 Å². The summed E-state index contributed by atoms with van der Waals surface area (Å²) in [5, 5.41) is 3.42. The van der Waals surface area contributed by atoms with Gasteiger partial charge in [-0.05, 0) is 25.1 Å². The predicted octanol–water partition coefficient (Wildman–Crippen LogP) is 1.73. The van der Waals surface area contributed by atoms with Crippen LogP contribution in [0.2, 0.25) is 0 Å². The van der Waals surface area contributed by atoms with Gasteiger partial charge in [-0.15, -0.1) is 0 Å². The molecule has 0 aliphatic carbocycles. The van der Waals surface area contributed by atoms with E-state index in [2.05, 4.69) is 14.2 Å². The van der Waals surface area contributed by atoms with Crippen LogP contribution < -0.4 is 10.5 Å². The summed E-state index contributed by atoms with van der Waals surface area (Å²) in [6.45, 7) is 1.45. The summed E-state index contributed by atoms with van der Waals surface area (Å²) in [4.78, 5) is -0.204. The average molecular weight is 344 g/mol. The number of aryl methyl sites for hydroxylation is 1. The molecule has 1 aromatic heterocycles. The molecule has 0 aliphatic rings. The molecule has 0 amide bonds. The van der Waals surface area contributed by atoms with Gasteiger partial charge in [-0.1, -0.05) is 11.2 Å². The molecule has 2 rings (SSSR count). The second-order valence-electron chi connectivity index (χ2n) is 4.88. The van der Waals surface area contributed by atoms with E-state index in [0.717, 1.165) is 0 Å². The fraction of sp³-hybridized carbons (Fsp3) is 0.250. The minimum absolute atomic E-state index is 0.0935. The summed E-state index contributed by atoms with van der Waals surface area (Å²) in [5.41, 5.74) is 6.19. The molecule has 3 N–H and O–H groups in total. The van der Waals surface area contributed by atoms with Crippen LogP contribution in [0.5, 0.6) is 0 Å². The summed E-state index contributed by atoms with van der Waals surface area (Å²) in [5.74, 6) is -0.119. The van der Waals surface area contributed by atoms with Crippen molar-refractivity contribution in [2.24, 2.45) is 4.36 Å². The van der Waals surface area contributed by atoms with Gasteiger partial charge in [0.05, 0.1) is 11.4 Å². The zero-order valence-electron chi connectivity index (χ0n) is 12.2. The van der Waals surface area contributed by atoms with Crippen molar-refractivity contribution in [3.63, 3.8) is 0 Å². The molecule has 0 fully saturated rings. The van der Waals surface area contributed by atoms with Gasteiger partial charge in [0.2, 0.25) is 0 Å². The largest absolute Gasteiger partial charge is 0.380 e. The van der Waals surface area contributed by atoms with Crippen LogP contribution >= 0.6 is 0 Å². The Bertz CT molecular complexity index is 897. The third kappa shape index (κ3) is 3.77. The Morgan fingerprint density at radius 3 is 2.50 bits per heavy atom. The van der Waals surface area contributed by atoms with Crippen LogP contribution in [0.1, 0.15) is 5.76 Å². The first-order valence-electron chi connectivity index (χ1n) is 6.10. The fourth-order valence-corrected chi connectivity index (χ4v) is 3.68.